The van der Waals surface area contributed by atoms with Gasteiger partial charge in [0.1, 0.15) is 0 Å². The van der Waals surface area contributed by atoms with Crippen LogP contribution in [-0.4, -0.2) is 28.2 Å². The molecule has 23 heavy (non-hydrogen) atoms. The van der Waals surface area contributed by atoms with Gasteiger partial charge in [-0.25, -0.2) is 4.98 Å². The largest absolute Gasteiger partial charge is 0.349 e. The van der Waals surface area contributed by atoms with E-state index in [4.69, 9.17) is 4.52 Å². The highest BCUT2D eigenvalue weighted by Crippen LogP contribution is 2.24. The monoisotopic (exact) mass is 337 g/mol. The predicted molar refractivity (Wildman–Crippen MR) is 93.9 cm³/mol. The van der Waals surface area contributed by atoms with Crippen molar-refractivity contribution in [1.29, 1.82) is 0 Å². The van der Waals surface area contributed by atoms with E-state index >= 15 is 0 Å². The lowest BCUT2D eigenvalue weighted by molar-refractivity contribution is 0.331. The van der Waals surface area contributed by atoms with E-state index in [1.807, 2.05) is 13.1 Å². The second-order valence-corrected chi connectivity index (χ2v) is 7.68. The second-order valence-electron chi connectivity index (χ2n) is 6.59. The van der Waals surface area contributed by atoms with Gasteiger partial charge in [-0.3, -0.25) is 0 Å². The van der Waals surface area contributed by atoms with Crippen molar-refractivity contribution in [3.8, 4) is 0 Å². The molecule has 0 fully saturated rings. The number of rotatable bonds is 7. The Balaban J connectivity index is 1.94. The summed E-state index contributed by atoms with van der Waals surface area (Å²) in [6.07, 6.45) is 1.94. The van der Waals surface area contributed by atoms with Crippen molar-refractivity contribution in [3.63, 3.8) is 0 Å². The standard InChI is InChI=1S/C16H27N5OS/c1-7-21(8-2)15-18-10-12(23-15)9-17-11(3)13-19-14(20-22-13)16(4,5)6/h10-11,17H,7-9H2,1-6H3. The van der Waals surface area contributed by atoms with Crippen LogP contribution in [0.1, 0.15) is 64.2 Å². The molecule has 1 atom stereocenters. The van der Waals surface area contributed by atoms with Gasteiger partial charge in [0.05, 0.1) is 6.04 Å². The van der Waals surface area contributed by atoms with Crippen LogP contribution in [0.2, 0.25) is 0 Å². The van der Waals surface area contributed by atoms with Crippen LogP contribution >= 0.6 is 11.3 Å². The zero-order chi connectivity index (χ0) is 17.0. The van der Waals surface area contributed by atoms with E-state index in [-0.39, 0.29) is 11.5 Å². The molecule has 2 aromatic rings. The molecular formula is C16H27N5OS. The Kier molecular flexibility index (Phi) is 5.75. The summed E-state index contributed by atoms with van der Waals surface area (Å²) in [6.45, 7) is 15.2. The Labute approximate surface area is 142 Å². The van der Waals surface area contributed by atoms with Gasteiger partial charge >= 0.3 is 0 Å². The van der Waals surface area contributed by atoms with Crippen LogP contribution in [0.25, 0.3) is 0 Å². The Morgan fingerprint density at radius 3 is 2.57 bits per heavy atom. The molecule has 0 saturated heterocycles. The highest BCUT2D eigenvalue weighted by molar-refractivity contribution is 7.15. The lowest BCUT2D eigenvalue weighted by Gasteiger charge is -2.16. The third kappa shape index (κ3) is 4.51. The van der Waals surface area contributed by atoms with Crippen LogP contribution in [0.15, 0.2) is 10.7 Å². The van der Waals surface area contributed by atoms with Crippen molar-refractivity contribution in [2.24, 2.45) is 0 Å². The third-order valence-electron chi connectivity index (χ3n) is 3.64. The van der Waals surface area contributed by atoms with Crippen LogP contribution in [0.4, 0.5) is 5.13 Å². The normalized spacial score (nSPS) is 13.3. The fourth-order valence-electron chi connectivity index (χ4n) is 2.08. The summed E-state index contributed by atoms with van der Waals surface area (Å²) in [7, 11) is 0. The average Bonchev–Trinajstić information content (AvgIpc) is 3.15. The third-order valence-corrected chi connectivity index (χ3v) is 4.70. The van der Waals surface area contributed by atoms with Crippen LogP contribution in [-0.2, 0) is 12.0 Å². The Hall–Kier alpha value is -1.47. The number of hydrogen-bond acceptors (Lipinski definition) is 7. The Morgan fingerprint density at radius 1 is 1.30 bits per heavy atom. The maximum atomic E-state index is 5.38. The summed E-state index contributed by atoms with van der Waals surface area (Å²) in [4.78, 5) is 12.4. The van der Waals surface area contributed by atoms with E-state index in [9.17, 15) is 0 Å². The molecule has 2 rings (SSSR count). The Bertz CT molecular complexity index is 612. The van der Waals surface area contributed by atoms with Gasteiger partial charge in [-0.1, -0.05) is 25.9 Å². The molecule has 1 unspecified atom stereocenters. The fraction of sp³-hybridized carbons (Fsp3) is 0.688. The predicted octanol–water partition coefficient (Wildman–Crippen LogP) is 3.52. The molecule has 0 saturated carbocycles. The van der Waals surface area contributed by atoms with Gasteiger partial charge in [0.2, 0.25) is 5.89 Å². The summed E-state index contributed by atoms with van der Waals surface area (Å²) in [5, 5.41) is 8.57. The average molecular weight is 337 g/mol. The zero-order valence-corrected chi connectivity index (χ0v) is 15.7. The molecule has 0 aliphatic heterocycles. The molecule has 1 N–H and O–H groups in total. The molecule has 2 heterocycles. The topological polar surface area (TPSA) is 67.1 Å². The van der Waals surface area contributed by atoms with Crippen molar-refractivity contribution in [2.45, 2.75) is 59.5 Å². The maximum absolute atomic E-state index is 5.38. The molecule has 0 aromatic carbocycles. The quantitative estimate of drug-likeness (QED) is 0.834. The van der Waals surface area contributed by atoms with Gasteiger partial charge in [-0.2, -0.15) is 4.98 Å². The molecule has 6 nitrogen and oxygen atoms in total. The molecular weight excluding hydrogens is 310 g/mol. The molecule has 2 aromatic heterocycles. The first kappa shape index (κ1) is 17.9. The molecule has 0 bridgehead atoms. The van der Waals surface area contributed by atoms with Crippen molar-refractivity contribution >= 4 is 16.5 Å². The zero-order valence-electron chi connectivity index (χ0n) is 14.9. The minimum Gasteiger partial charge on any atom is -0.349 e. The first-order valence-corrected chi connectivity index (χ1v) is 8.93. The van der Waals surface area contributed by atoms with E-state index in [1.54, 1.807) is 11.3 Å². The highest BCUT2D eigenvalue weighted by Gasteiger charge is 2.23. The summed E-state index contributed by atoms with van der Waals surface area (Å²) < 4.78 is 5.38. The van der Waals surface area contributed by atoms with E-state index in [1.165, 1.54) is 4.88 Å². The van der Waals surface area contributed by atoms with Crippen LogP contribution in [0, 0.1) is 0 Å². The minimum atomic E-state index is -0.0994. The van der Waals surface area contributed by atoms with Crippen LogP contribution in [0.3, 0.4) is 0 Å². The van der Waals surface area contributed by atoms with E-state index < -0.39 is 0 Å². The summed E-state index contributed by atoms with van der Waals surface area (Å²) in [5.74, 6) is 1.37. The number of nitrogens with zero attached hydrogens (tertiary/aromatic N) is 4. The number of nitrogens with one attached hydrogen (secondary N) is 1. The lowest BCUT2D eigenvalue weighted by atomic mass is 9.96. The van der Waals surface area contributed by atoms with Gasteiger partial charge in [-0.15, -0.1) is 11.3 Å². The molecule has 0 spiro atoms. The first-order valence-electron chi connectivity index (χ1n) is 8.12. The highest BCUT2D eigenvalue weighted by atomic mass is 32.1. The SMILES string of the molecule is CCN(CC)c1ncc(CNC(C)c2nc(C(C)(C)C)no2)s1. The summed E-state index contributed by atoms with van der Waals surface area (Å²) in [6, 6.07) is 0.0117. The summed E-state index contributed by atoms with van der Waals surface area (Å²) in [5.41, 5.74) is -0.0994. The number of hydrogen-bond donors (Lipinski definition) is 1. The molecule has 0 aliphatic carbocycles. The van der Waals surface area contributed by atoms with E-state index in [2.05, 4.69) is 60.0 Å². The lowest BCUT2D eigenvalue weighted by Crippen LogP contribution is -2.21. The van der Waals surface area contributed by atoms with Gasteiger partial charge in [-0.05, 0) is 20.8 Å². The maximum Gasteiger partial charge on any atom is 0.243 e. The van der Waals surface area contributed by atoms with Gasteiger partial charge in [0.15, 0.2) is 11.0 Å². The number of aromatic nitrogens is 3. The smallest absolute Gasteiger partial charge is 0.243 e. The fourth-order valence-corrected chi connectivity index (χ4v) is 3.06. The van der Waals surface area contributed by atoms with Crippen molar-refractivity contribution in [1.82, 2.24) is 20.4 Å². The molecule has 0 amide bonds. The first-order chi connectivity index (χ1) is 10.8. The van der Waals surface area contributed by atoms with Crippen molar-refractivity contribution in [2.75, 3.05) is 18.0 Å². The van der Waals surface area contributed by atoms with E-state index in [0.29, 0.717) is 5.89 Å². The Morgan fingerprint density at radius 2 is 2.00 bits per heavy atom. The van der Waals surface area contributed by atoms with Crippen molar-refractivity contribution < 1.29 is 4.52 Å². The molecule has 7 heteroatoms. The van der Waals surface area contributed by atoms with E-state index in [0.717, 1.165) is 30.6 Å². The van der Waals surface area contributed by atoms with Gasteiger partial charge in [0, 0.05) is 36.1 Å². The number of thiazole rings is 1. The van der Waals surface area contributed by atoms with Crippen molar-refractivity contribution in [3.05, 3.63) is 22.8 Å². The molecule has 128 valence electrons. The summed E-state index contributed by atoms with van der Waals surface area (Å²) >= 11 is 1.72. The molecule has 0 aliphatic rings. The second kappa shape index (κ2) is 7.40. The molecule has 0 radical (unpaired) electrons. The number of anilines is 1. The van der Waals surface area contributed by atoms with Gasteiger partial charge in [0.25, 0.3) is 0 Å². The van der Waals surface area contributed by atoms with Crippen LogP contribution < -0.4 is 10.2 Å². The van der Waals surface area contributed by atoms with Gasteiger partial charge < -0.3 is 14.7 Å². The van der Waals surface area contributed by atoms with Crippen LogP contribution in [0.5, 0.6) is 0 Å². The minimum absolute atomic E-state index is 0.0117.